The first-order valence-electron chi connectivity index (χ1n) is 5.71. The molecule has 1 N–H and O–H groups in total. The van der Waals surface area contributed by atoms with Crippen LogP contribution in [0.5, 0.6) is 5.75 Å². The molecule has 0 radical (unpaired) electrons. The molecule has 1 aromatic carbocycles. The van der Waals surface area contributed by atoms with Gasteiger partial charge < -0.3 is 9.84 Å². The second-order valence-corrected chi connectivity index (χ2v) is 3.99. The van der Waals surface area contributed by atoms with Crippen molar-refractivity contribution in [1.82, 2.24) is 9.78 Å². The molecule has 0 unspecified atom stereocenters. The Labute approximate surface area is 121 Å². The summed E-state index contributed by atoms with van der Waals surface area (Å²) < 4.78 is 6.16. The van der Waals surface area contributed by atoms with E-state index in [0.717, 1.165) is 10.9 Å². The lowest BCUT2D eigenvalue weighted by molar-refractivity contribution is -0.385. The van der Waals surface area contributed by atoms with Crippen molar-refractivity contribution in [2.75, 3.05) is 0 Å². The Bertz CT molecular complexity index is 706. The molecule has 0 aliphatic rings. The van der Waals surface area contributed by atoms with Crippen LogP contribution in [0.2, 0.25) is 0 Å². The number of hydrogen-bond donors (Lipinski definition) is 1. The van der Waals surface area contributed by atoms with Crippen LogP contribution in [0.1, 0.15) is 10.5 Å². The molecule has 2 aromatic rings. The summed E-state index contributed by atoms with van der Waals surface area (Å²) in [5.74, 6) is -1.26. The number of hydrogen-bond acceptors (Lipinski definition) is 7. The minimum atomic E-state index is -1.53. The summed E-state index contributed by atoms with van der Waals surface area (Å²) in [5.41, 5.74) is -1.47. The van der Waals surface area contributed by atoms with Gasteiger partial charge in [-0.05, 0) is 12.1 Å². The van der Waals surface area contributed by atoms with E-state index in [2.05, 4.69) is 5.10 Å². The van der Waals surface area contributed by atoms with Gasteiger partial charge in [0.1, 0.15) is 11.9 Å². The molecule has 2 rings (SSSR count). The van der Waals surface area contributed by atoms with Gasteiger partial charge in [0, 0.05) is 12.1 Å². The van der Waals surface area contributed by atoms with Crippen LogP contribution in [-0.4, -0.2) is 30.7 Å². The van der Waals surface area contributed by atoms with Crippen molar-refractivity contribution in [2.24, 2.45) is 0 Å². The Kier molecular flexibility index (Phi) is 3.97. The second kappa shape index (κ2) is 5.87. The average Bonchev–Trinajstić information content (AvgIpc) is 2.90. The third-order valence-corrected chi connectivity index (χ3v) is 2.55. The van der Waals surface area contributed by atoms with Gasteiger partial charge in [-0.25, -0.2) is 9.48 Å². The van der Waals surface area contributed by atoms with Crippen LogP contribution in [0.4, 0.5) is 11.4 Å². The lowest BCUT2D eigenvalue weighted by Gasteiger charge is -2.05. The summed E-state index contributed by atoms with van der Waals surface area (Å²) in [7, 11) is 0. The van der Waals surface area contributed by atoms with Crippen molar-refractivity contribution >= 4 is 17.3 Å². The Balaban J connectivity index is 2.11. The highest BCUT2D eigenvalue weighted by Gasteiger charge is 2.25. The van der Waals surface area contributed by atoms with Crippen molar-refractivity contribution in [3.8, 4) is 5.75 Å². The van der Waals surface area contributed by atoms with Crippen LogP contribution in [-0.2, 0) is 6.73 Å². The van der Waals surface area contributed by atoms with E-state index in [1.165, 1.54) is 24.3 Å². The van der Waals surface area contributed by atoms with E-state index in [9.17, 15) is 25.0 Å². The number of non-ortho nitro benzene ring substituents is 1. The minimum absolute atomic E-state index is 0.116. The van der Waals surface area contributed by atoms with E-state index in [-0.39, 0.29) is 18.2 Å². The molecule has 0 fully saturated rings. The molecule has 114 valence electrons. The summed E-state index contributed by atoms with van der Waals surface area (Å²) in [6.07, 6.45) is 0.925. The van der Waals surface area contributed by atoms with E-state index >= 15 is 0 Å². The molecule has 1 aromatic heterocycles. The first-order valence-corrected chi connectivity index (χ1v) is 5.71. The molecule has 0 aliphatic carbocycles. The highest BCUT2D eigenvalue weighted by atomic mass is 16.6. The third kappa shape index (κ3) is 3.15. The van der Waals surface area contributed by atoms with Crippen LogP contribution in [0.3, 0.4) is 0 Å². The predicted octanol–water partition coefficient (Wildman–Crippen LogP) is 1.43. The largest absolute Gasteiger partial charge is 0.476 e. The Hall–Kier alpha value is -3.50. The van der Waals surface area contributed by atoms with Crippen molar-refractivity contribution in [3.05, 3.63) is 56.4 Å². The molecule has 22 heavy (non-hydrogen) atoms. The maximum absolute atomic E-state index is 10.8. The van der Waals surface area contributed by atoms with Gasteiger partial charge in [0.05, 0.1) is 9.85 Å². The number of rotatable bonds is 6. The number of ether oxygens (including phenoxy) is 1. The van der Waals surface area contributed by atoms with E-state index < -0.39 is 27.2 Å². The Morgan fingerprint density at radius 1 is 1.23 bits per heavy atom. The molecule has 0 saturated heterocycles. The van der Waals surface area contributed by atoms with Crippen molar-refractivity contribution in [3.63, 3.8) is 0 Å². The van der Waals surface area contributed by atoms with Gasteiger partial charge in [0.2, 0.25) is 5.69 Å². The monoisotopic (exact) mass is 308 g/mol. The number of carbonyl (C=O) groups is 1. The molecular weight excluding hydrogens is 300 g/mol. The number of nitro benzene ring substituents is 1. The molecule has 11 nitrogen and oxygen atoms in total. The van der Waals surface area contributed by atoms with Gasteiger partial charge in [-0.1, -0.05) is 0 Å². The topological polar surface area (TPSA) is 151 Å². The minimum Gasteiger partial charge on any atom is -0.476 e. The molecule has 0 saturated carbocycles. The highest BCUT2D eigenvalue weighted by molar-refractivity contribution is 5.89. The first kappa shape index (κ1) is 14.9. The fraction of sp³-hybridized carbons (Fsp3) is 0.0909. The highest BCUT2D eigenvalue weighted by Crippen LogP contribution is 2.19. The number of benzene rings is 1. The number of nitrogens with zero attached hydrogens (tertiary/aromatic N) is 4. The molecule has 0 amide bonds. The first-order chi connectivity index (χ1) is 10.4. The van der Waals surface area contributed by atoms with Gasteiger partial charge in [0.25, 0.3) is 5.69 Å². The maximum Gasteiger partial charge on any atom is 0.363 e. The SMILES string of the molecule is O=C(O)c1nn(COc2ccc([N+](=O)[O-])cc2)cc1[N+](=O)[O-]. The summed E-state index contributed by atoms with van der Waals surface area (Å²) >= 11 is 0. The standard InChI is InChI=1S/C11H8N4O7/c16-11(17)10-9(15(20)21)5-13(12-10)6-22-8-3-1-7(2-4-8)14(18)19/h1-5H,6H2,(H,16,17). The van der Waals surface area contributed by atoms with Crippen LogP contribution < -0.4 is 4.74 Å². The Morgan fingerprint density at radius 3 is 2.32 bits per heavy atom. The number of carboxylic acid groups (broad SMARTS) is 1. The van der Waals surface area contributed by atoms with Gasteiger partial charge in [-0.3, -0.25) is 20.2 Å². The third-order valence-electron chi connectivity index (χ3n) is 2.55. The van der Waals surface area contributed by atoms with Crippen LogP contribution in [0.15, 0.2) is 30.5 Å². The lowest BCUT2D eigenvalue weighted by Crippen LogP contribution is -2.07. The zero-order valence-electron chi connectivity index (χ0n) is 10.8. The Morgan fingerprint density at radius 2 is 1.86 bits per heavy atom. The molecule has 11 heteroatoms. The van der Waals surface area contributed by atoms with Gasteiger partial charge in [-0.2, -0.15) is 5.10 Å². The number of aromatic nitrogens is 2. The van der Waals surface area contributed by atoms with E-state index in [0.29, 0.717) is 0 Å². The molecular formula is C11H8N4O7. The van der Waals surface area contributed by atoms with Crippen molar-refractivity contribution in [1.29, 1.82) is 0 Å². The van der Waals surface area contributed by atoms with E-state index in [4.69, 9.17) is 9.84 Å². The quantitative estimate of drug-likeness (QED) is 0.621. The van der Waals surface area contributed by atoms with Crippen molar-refractivity contribution < 1.29 is 24.5 Å². The number of aromatic carboxylic acids is 1. The predicted molar refractivity (Wildman–Crippen MR) is 69.6 cm³/mol. The normalized spacial score (nSPS) is 10.2. The summed E-state index contributed by atoms with van der Waals surface area (Å²) in [5, 5.41) is 33.5. The number of carboxylic acids is 1. The summed E-state index contributed by atoms with van der Waals surface area (Å²) in [6.45, 7) is -0.286. The van der Waals surface area contributed by atoms with Crippen LogP contribution in [0, 0.1) is 20.2 Å². The fourth-order valence-electron chi connectivity index (χ4n) is 1.57. The second-order valence-electron chi connectivity index (χ2n) is 3.99. The summed E-state index contributed by atoms with van der Waals surface area (Å²) in [6, 6.07) is 5.13. The van der Waals surface area contributed by atoms with Crippen LogP contribution >= 0.6 is 0 Å². The van der Waals surface area contributed by atoms with Crippen molar-refractivity contribution in [2.45, 2.75) is 6.73 Å². The van der Waals surface area contributed by atoms with E-state index in [1.54, 1.807) is 0 Å². The molecule has 0 atom stereocenters. The molecule has 0 spiro atoms. The maximum atomic E-state index is 10.8. The van der Waals surface area contributed by atoms with E-state index in [1.807, 2.05) is 0 Å². The lowest BCUT2D eigenvalue weighted by atomic mass is 10.3. The van der Waals surface area contributed by atoms with Gasteiger partial charge in [-0.15, -0.1) is 0 Å². The molecule has 0 bridgehead atoms. The van der Waals surface area contributed by atoms with Gasteiger partial charge >= 0.3 is 11.7 Å². The fourth-order valence-corrected chi connectivity index (χ4v) is 1.57. The van der Waals surface area contributed by atoms with Crippen LogP contribution in [0.25, 0.3) is 0 Å². The molecule has 0 aliphatic heterocycles. The zero-order valence-corrected chi connectivity index (χ0v) is 10.8. The molecule has 1 heterocycles. The van der Waals surface area contributed by atoms with Gasteiger partial charge in [0.15, 0.2) is 6.73 Å². The zero-order chi connectivity index (χ0) is 16.3. The summed E-state index contributed by atoms with van der Waals surface area (Å²) in [4.78, 5) is 30.6. The smallest absolute Gasteiger partial charge is 0.363 e. The average molecular weight is 308 g/mol. The number of nitro groups is 2.